The first kappa shape index (κ1) is 42.4. The molecule has 0 atom stereocenters. The molecule has 0 aliphatic heterocycles. The Morgan fingerprint density at radius 2 is 0.967 bits per heavy atom. The fourth-order valence-electron chi connectivity index (χ4n) is 8.52. The number of aromatic nitrogens is 4. The first-order valence-electron chi connectivity index (χ1n) is 19.9. The minimum absolute atomic E-state index is 0.0595. The second-order valence-corrected chi connectivity index (χ2v) is 19.1. The van der Waals surface area contributed by atoms with Crippen LogP contribution in [-0.2, 0) is 85.5 Å². The van der Waals surface area contributed by atoms with Crippen LogP contribution in [0.25, 0.3) is 0 Å². The summed E-state index contributed by atoms with van der Waals surface area (Å²) in [5.74, 6) is -1.66. The van der Waals surface area contributed by atoms with Crippen molar-refractivity contribution in [2.24, 2.45) is 14.1 Å². The average molecular weight is 864 g/mol. The smallest absolute Gasteiger partial charge is 0.354 e. The maximum atomic E-state index is 12.8. The Kier molecular flexibility index (Phi) is 11.6. The summed E-state index contributed by atoms with van der Waals surface area (Å²) in [6.45, 7) is 3.71. The number of aryl methyl sites for hydroxylation is 6. The second kappa shape index (κ2) is 16.4. The van der Waals surface area contributed by atoms with Crippen LogP contribution in [0, 0.1) is 0 Å². The molecule has 5 N–H and O–H groups in total. The molecular weight excluding hydrogens is 815 g/mol. The van der Waals surface area contributed by atoms with Crippen molar-refractivity contribution in [1.82, 2.24) is 33.9 Å². The van der Waals surface area contributed by atoms with Gasteiger partial charge in [0.15, 0.2) is 10.1 Å². The number of amides is 5. The lowest BCUT2D eigenvalue weighted by Crippen LogP contribution is -2.35. The highest BCUT2D eigenvalue weighted by Crippen LogP contribution is 2.40. The maximum absolute atomic E-state index is 12.8. The van der Waals surface area contributed by atoms with E-state index in [1.165, 1.54) is 52.0 Å². The zero-order valence-corrected chi connectivity index (χ0v) is 35.8. The summed E-state index contributed by atoms with van der Waals surface area (Å²) in [4.78, 5) is 50.4. The molecule has 20 heteroatoms. The molecule has 0 unspecified atom stereocenters. The highest BCUT2D eigenvalue weighted by atomic mass is 32.2. The number of hydrogen-bond donors (Lipinski definition) is 5. The van der Waals surface area contributed by atoms with E-state index in [1.807, 2.05) is 18.6 Å². The highest BCUT2D eigenvalue weighted by molar-refractivity contribution is 7.90. The van der Waals surface area contributed by atoms with Crippen molar-refractivity contribution >= 4 is 55.4 Å². The van der Waals surface area contributed by atoms with Crippen molar-refractivity contribution in [1.29, 1.82) is 0 Å². The van der Waals surface area contributed by atoms with Crippen LogP contribution in [0.4, 0.5) is 21.0 Å². The standard InChI is InChI=1S/C22H29N5O4S.C18H20N4O5S/c1-13(2)26(3)21(28)18-12-19(24-27(18)4)32(30,31)25-22(29)23-20-16-9-5-7-14(16)11-15-8-6-10-17(15)20;1-22-14(17(23)24)9-15(20-22)28(26,27)21-18(25)19-16-12-6-2-4-10(12)8-11-5-3-7-13(11)16/h11-13H,5-10H2,1-4H3,(H2,23,25,29);8-9H,2-7H2,1H3,(H,23,24)(H2,19,21,25). The SMILES string of the molecule is CC(C)N(C)C(=O)c1cc(S(=O)(=O)NC(=O)Nc2c3c(cc4c2CCC4)CCC3)nn1C.Cn1nc(S(=O)(=O)NC(=O)Nc2c3c(cc4c2CCC4)CCC3)cc1C(=O)O. The third-order valence-corrected chi connectivity index (χ3v) is 14.1. The Balaban J connectivity index is 0.000000183. The molecule has 320 valence electrons. The van der Waals surface area contributed by atoms with E-state index < -0.39 is 43.1 Å². The van der Waals surface area contributed by atoms with Gasteiger partial charge in [0.1, 0.15) is 11.4 Å². The number of carbonyl (C=O) groups is 4. The van der Waals surface area contributed by atoms with Gasteiger partial charge in [-0.1, -0.05) is 12.1 Å². The number of carboxylic acid groups (broad SMARTS) is 1. The van der Waals surface area contributed by atoms with Crippen LogP contribution in [-0.4, -0.2) is 83.4 Å². The summed E-state index contributed by atoms with van der Waals surface area (Å²) >= 11 is 0. The molecule has 2 aromatic carbocycles. The van der Waals surface area contributed by atoms with E-state index in [4.69, 9.17) is 5.11 Å². The van der Waals surface area contributed by atoms with Gasteiger partial charge in [0, 0.05) is 50.7 Å². The Morgan fingerprint density at radius 3 is 1.30 bits per heavy atom. The van der Waals surface area contributed by atoms with Crippen LogP contribution in [0.2, 0.25) is 0 Å². The molecule has 4 aliphatic rings. The number of aromatic carboxylic acids is 1. The van der Waals surface area contributed by atoms with Gasteiger partial charge in [-0.05, 0) is 135 Å². The third-order valence-electron chi connectivity index (χ3n) is 11.7. The van der Waals surface area contributed by atoms with E-state index in [0.717, 1.165) is 121 Å². The van der Waals surface area contributed by atoms with Crippen LogP contribution >= 0.6 is 0 Å². The average Bonchev–Trinajstić information content (AvgIpc) is 4.02. The van der Waals surface area contributed by atoms with Crippen molar-refractivity contribution in [3.8, 4) is 0 Å². The number of carboxylic acids is 1. The van der Waals surface area contributed by atoms with Gasteiger partial charge < -0.3 is 20.6 Å². The largest absolute Gasteiger partial charge is 0.477 e. The highest BCUT2D eigenvalue weighted by Gasteiger charge is 2.31. The van der Waals surface area contributed by atoms with E-state index in [2.05, 4.69) is 37.7 Å². The van der Waals surface area contributed by atoms with Gasteiger partial charge in [0.05, 0.1) is 0 Å². The molecule has 0 saturated heterocycles. The van der Waals surface area contributed by atoms with Gasteiger partial charge >= 0.3 is 18.0 Å². The van der Waals surface area contributed by atoms with Crippen molar-refractivity contribution in [3.05, 3.63) is 80.2 Å². The molecule has 4 aliphatic carbocycles. The van der Waals surface area contributed by atoms with Crippen LogP contribution in [0.3, 0.4) is 0 Å². The van der Waals surface area contributed by atoms with Crippen LogP contribution < -0.4 is 20.1 Å². The number of anilines is 2. The first-order chi connectivity index (χ1) is 28.3. The number of urea groups is 2. The fourth-order valence-corrected chi connectivity index (χ4v) is 10.3. The fraction of sp³-hybridized carbons (Fsp3) is 0.450. The van der Waals surface area contributed by atoms with Gasteiger partial charge in [-0.2, -0.15) is 27.0 Å². The van der Waals surface area contributed by atoms with Crippen LogP contribution in [0.1, 0.15) is 105 Å². The van der Waals surface area contributed by atoms with Gasteiger partial charge in [0.25, 0.3) is 26.0 Å². The molecule has 0 radical (unpaired) electrons. The number of nitrogens with zero attached hydrogens (tertiary/aromatic N) is 5. The van der Waals surface area contributed by atoms with E-state index >= 15 is 0 Å². The summed E-state index contributed by atoms with van der Waals surface area (Å²) in [6, 6.07) is 4.80. The molecular formula is C40H49N9O9S2. The van der Waals surface area contributed by atoms with Crippen molar-refractivity contribution in [2.45, 2.75) is 107 Å². The van der Waals surface area contributed by atoms with Crippen molar-refractivity contribution in [3.63, 3.8) is 0 Å². The summed E-state index contributed by atoms with van der Waals surface area (Å²) in [5, 5.41) is 21.3. The lowest BCUT2D eigenvalue weighted by molar-refractivity contribution is 0.0683. The molecule has 18 nitrogen and oxygen atoms in total. The molecule has 2 aromatic heterocycles. The van der Waals surface area contributed by atoms with Crippen LogP contribution in [0.15, 0.2) is 34.3 Å². The van der Waals surface area contributed by atoms with E-state index in [9.17, 15) is 36.0 Å². The number of fused-ring (bicyclic) bond motifs is 4. The predicted octanol–water partition coefficient (Wildman–Crippen LogP) is 3.99. The number of carbonyl (C=O) groups excluding carboxylic acids is 3. The Morgan fingerprint density at radius 1 is 0.617 bits per heavy atom. The number of benzene rings is 2. The Bertz CT molecular complexity index is 2600. The normalized spacial score (nSPS) is 15.0. The predicted molar refractivity (Wildman–Crippen MR) is 220 cm³/mol. The topological polar surface area (TPSA) is 244 Å². The summed E-state index contributed by atoms with van der Waals surface area (Å²) < 4.78 is 56.7. The van der Waals surface area contributed by atoms with E-state index in [-0.39, 0.29) is 28.4 Å². The number of rotatable bonds is 9. The first-order valence-corrected chi connectivity index (χ1v) is 22.9. The van der Waals surface area contributed by atoms with E-state index in [0.29, 0.717) is 0 Å². The van der Waals surface area contributed by atoms with Gasteiger partial charge in [-0.15, -0.1) is 0 Å². The number of sulfonamides is 2. The minimum atomic E-state index is -4.30. The quantitative estimate of drug-likeness (QED) is 0.161. The Hall–Kier alpha value is -5.76. The Labute approximate surface area is 348 Å². The molecule has 0 spiro atoms. The molecule has 60 heavy (non-hydrogen) atoms. The van der Waals surface area contributed by atoms with Gasteiger partial charge in [-0.3, -0.25) is 14.2 Å². The lowest BCUT2D eigenvalue weighted by Gasteiger charge is -2.21. The maximum Gasteiger partial charge on any atom is 0.354 e. The summed E-state index contributed by atoms with van der Waals surface area (Å²) in [7, 11) is -4.10. The molecule has 0 bridgehead atoms. The molecule has 0 fully saturated rings. The lowest BCUT2D eigenvalue weighted by atomic mass is 9.99. The monoisotopic (exact) mass is 863 g/mol. The van der Waals surface area contributed by atoms with Gasteiger partial charge in [-0.25, -0.2) is 23.8 Å². The van der Waals surface area contributed by atoms with E-state index in [1.54, 1.807) is 7.05 Å². The molecule has 2 heterocycles. The summed E-state index contributed by atoms with van der Waals surface area (Å²) in [5.41, 5.74) is 10.6. The van der Waals surface area contributed by atoms with Crippen molar-refractivity contribution < 1.29 is 41.1 Å². The van der Waals surface area contributed by atoms with Crippen molar-refractivity contribution in [2.75, 3.05) is 17.7 Å². The number of nitrogens with one attached hydrogen (secondary N) is 4. The second-order valence-electron chi connectivity index (χ2n) is 15.9. The minimum Gasteiger partial charge on any atom is -0.477 e. The molecule has 5 amide bonds. The van der Waals surface area contributed by atoms with Gasteiger partial charge in [0.2, 0.25) is 0 Å². The molecule has 0 saturated carbocycles. The number of hydrogen-bond acceptors (Lipinski definition) is 10. The molecule has 4 aromatic rings. The zero-order chi connectivity index (χ0) is 43.3. The third kappa shape index (κ3) is 8.34. The summed E-state index contributed by atoms with van der Waals surface area (Å²) in [6.07, 6.45) is 11.4. The zero-order valence-electron chi connectivity index (χ0n) is 34.1. The molecule has 8 rings (SSSR count). The van der Waals surface area contributed by atoms with Crippen LogP contribution in [0.5, 0.6) is 0 Å².